The summed E-state index contributed by atoms with van der Waals surface area (Å²) in [6.07, 6.45) is 2.81. The summed E-state index contributed by atoms with van der Waals surface area (Å²) in [6, 6.07) is 2.21. The number of thiophene rings is 1. The fourth-order valence-electron chi connectivity index (χ4n) is 2.32. The first-order valence-electron chi connectivity index (χ1n) is 5.58. The predicted molar refractivity (Wildman–Crippen MR) is 64.6 cm³/mol. The first-order valence-corrected chi connectivity index (χ1v) is 6.40. The Kier molecular flexibility index (Phi) is 3.14. The molecule has 0 aliphatic carbocycles. The summed E-state index contributed by atoms with van der Waals surface area (Å²) in [5, 5.41) is 13.7. The van der Waals surface area contributed by atoms with E-state index >= 15 is 0 Å². The van der Waals surface area contributed by atoms with Crippen molar-refractivity contribution in [1.82, 2.24) is 5.32 Å². The molecule has 1 unspecified atom stereocenters. The van der Waals surface area contributed by atoms with Crippen molar-refractivity contribution in [2.45, 2.75) is 38.7 Å². The van der Waals surface area contributed by atoms with Crippen LogP contribution in [0.1, 0.15) is 28.2 Å². The third-order valence-corrected chi connectivity index (χ3v) is 4.12. The Hall–Kier alpha value is -0.380. The Balaban J connectivity index is 2.09. The molecule has 1 aliphatic rings. The molecule has 0 amide bonds. The van der Waals surface area contributed by atoms with Crippen molar-refractivity contribution < 1.29 is 5.11 Å². The van der Waals surface area contributed by atoms with Crippen LogP contribution in [0.25, 0.3) is 0 Å². The van der Waals surface area contributed by atoms with Crippen molar-refractivity contribution in [3.8, 4) is 0 Å². The average molecular weight is 225 g/mol. The largest absolute Gasteiger partial charge is 0.388 e. The first kappa shape index (κ1) is 11.1. The molecule has 0 aromatic carbocycles. The monoisotopic (exact) mass is 225 g/mol. The minimum absolute atomic E-state index is 0.517. The molecule has 2 nitrogen and oxygen atoms in total. The van der Waals surface area contributed by atoms with E-state index in [2.05, 4.69) is 25.2 Å². The van der Waals surface area contributed by atoms with E-state index in [0.717, 1.165) is 32.4 Å². The van der Waals surface area contributed by atoms with Gasteiger partial charge >= 0.3 is 0 Å². The summed E-state index contributed by atoms with van der Waals surface area (Å²) in [5.41, 5.74) is 0.806. The summed E-state index contributed by atoms with van der Waals surface area (Å²) in [4.78, 5) is 2.70. The van der Waals surface area contributed by atoms with Crippen molar-refractivity contribution in [3.63, 3.8) is 0 Å². The van der Waals surface area contributed by atoms with E-state index in [9.17, 15) is 5.11 Å². The molecule has 0 radical (unpaired) electrons. The SMILES string of the molecule is Cc1cc(CC2(O)CCCNC2)c(C)s1. The second-order valence-electron chi connectivity index (χ2n) is 4.62. The molecule has 1 fully saturated rings. The Morgan fingerprint density at radius 3 is 2.87 bits per heavy atom. The van der Waals surface area contributed by atoms with Crippen LogP contribution in [-0.2, 0) is 6.42 Å². The van der Waals surface area contributed by atoms with Crippen molar-refractivity contribution in [3.05, 3.63) is 21.4 Å². The Morgan fingerprint density at radius 2 is 2.33 bits per heavy atom. The molecule has 3 heteroatoms. The minimum Gasteiger partial charge on any atom is -0.388 e. The second-order valence-corrected chi connectivity index (χ2v) is 6.08. The van der Waals surface area contributed by atoms with Crippen molar-refractivity contribution in [1.29, 1.82) is 0 Å². The van der Waals surface area contributed by atoms with Crippen LogP contribution in [0.2, 0.25) is 0 Å². The zero-order valence-corrected chi connectivity index (χ0v) is 10.3. The number of rotatable bonds is 2. The number of nitrogens with one attached hydrogen (secondary N) is 1. The molecular weight excluding hydrogens is 206 g/mol. The van der Waals surface area contributed by atoms with Crippen LogP contribution in [0.4, 0.5) is 0 Å². The van der Waals surface area contributed by atoms with Gasteiger partial charge in [-0.15, -0.1) is 11.3 Å². The molecule has 15 heavy (non-hydrogen) atoms. The molecule has 1 aromatic heterocycles. The normalized spacial score (nSPS) is 26.9. The average Bonchev–Trinajstić information content (AvgIpc) is 2.45. The smallest absolute Gasteiger partial charge is 0.0812 e. The van der Waals surface area contributed by atoms with Gasteiger partial charge in [0.05, 0.1) is 5.60 Å². The van der Waals surface area contributed by atoms with Crippen LogP contribution < -0.4 is 5.32 Å². The van der Waals surface area contributed by atoms with Gasteiger partial charge in [0.1, 0.15) is 0 Å². The van der Waals surface area contributed by atoms with Crippen LogP contribution in [0, 0.1) is 13.8 Å². The van der Waals surface area contributed by atoms with E-state index in [4.69, 9.17) is 0 Å². The third-order valence-electron chi connectivity index (χ3n) is 3.11. The molecule has 2 N–H and O–H groups in total. The lowest BCUT2D eigenvalue weighted by atomic mass is 9.88. The van der Waals surface area contributed by atoms with E-state index in [1.165, 1.54) is 15.3 Å². The van der Waals surface area contributed by atoms with E-state index in [1.54, 1.807) is 0 Å². The fourth-order valence-corrected chi connectivity index (χ4v) is 3.26. The highest BCUT2D eigenvalue weighted by Gasteiger charge is 2.30. The van der Waals surface area contributed by atoms with Crippen LogP contribution in [0.3, 0.4) is 0 Å². The number of hydrogen-bond acceptors (Lipinski definition) is 3. The van der Waals surface area contributed by atoms with Gasteiger partial charge < -0.3 is 10.4 Å². The first-order chi connectivity index (χ1) is 7.09. The lowest BCUT2D eigenvalue weighted by Crippen LogP contribution is -2.47. The lowest BCUT2D eigenvalue weighted by Gasteiger charge is -2.32. The number of aryl methyl sites for hydroxylation is 2. The molecule has 0 bridgehead atoms. The van der Waals surface area contributed by atoms with Gasteiger partial charge in [-0.05, 0) is 44.9 Å². The standard InChI is InChI=1S/C12H19NOS/c1-9-6-11(10(2)15-9)7-12(14)4-3-5-13-8-12/h6,13-14H,3-5,7-8H2,1-2H3. The van der Waals surface area contributed by atoms with Gasteiger partial charge in [-0.2, -0.15) is 0 Å². The molecular formula is C12H19NOS. The maximum absolute atomic E-state index is 10.4. The maximum atomic E-state index is 10.4. The summed E-state index contributed by atoms with van der Waals surface area (Å²) < 4.78 is 0. The molecule has 0 saturated carbocycles. The quantitative estimate of drug-likeness (QED) is 0.807. The van der Waals surface area contributed by atoms with Crippen LogP contribution in [0.5, 0.6) is 0 Å². The second kappa shape index (κ2) is 4.24. The Morgan fingerprint density at radius 1 is 1.53 bits per heavy atom. The van der Waals surface area contributed by atoms with E-state index < -0.39 is 5.60 Å². The summed E-state index contributed by atoms with van der Waals surface area (Å²) in [7, 11) is 0. The third kappa shape index (κ3) is 2.60. The fraction of sp³-hybridized carbons (Fsp3) is 0.667. The highest BCUT2D eigenvalue weighted by Crippen LogP contribution is 2.27. The van der Waals surface area contributed by atoms with E-state index in [-0.39, 0.29) is 0 Å². The minimum atomic E-state index is -0.517. The molecule has 1 atom stereocenters. The number of hydrogen-bond donors (Lipinski definition) is 2. The molecule has 2 heterocycles. The highest BCUT2D eigenvalue weighted by atomic mass is 32.1. The molecule has 1 saturated heterocycles. The lowest BCUT2D eigenvalue weighted by molar-refractivity contribution is 0.0169. The number of aliphatic hydroxyl groups is 1. The van der Waals surface area contributed by atoms with Crippen LogP contribution >= 0.6 is 11.3 Å². The zero-order valence-electron chi connectivity index (χ0n) is 9.47. The Bertz CT molecular complexity index is 339. The predicted octanol–water partition coefficient (Wildman–Crippen LogP) is 2.02. The van der Waals surface area contributed by atoms with E-state index in [0.29, 0.717) is 0 Å². The van der Waals surface area contributed by atoms with Gasteiger partial charge in [-0.3, -0.25) is 0 Å². The topological polar surface area (TPSA) is 32.3 Å². The maximum Gasteiger partial charge on any atom is 0.0812 e. The summed E-state index contributed by atoms with van der Waals surface area (Å²) in [5.74, 6) is 0. The molecule has 1 aromatic rings. The van der Waals surface area contributed by atoms with Crippen LogP contribution in [0.15, 0.2) is 6.07 Å². The van der Waals surface area contributed by atoms with Crippen LogP contribution in [-0.4, -0.2) is 23.8 Å². The van der Waals surface area contributed by atoms with Gasteiger partial charge in [-0.25, -0.2) is 0 Å². The summed E-state index contributed by atoms with van der Waals surface area (Å²) in [6.45, 7) is 6.06. The van der Waals surface area contributed by atoms with Gasteiger partial charge in [0.15, 0.2) is 0 Å². The van der Waals surface area contributed by atoms with Gasteiger partial charge in [0, 0.05) is 22.7 Å². The highest BCUT2D eigenvalue weighted by molar-refractivity contribution is 7.12. The number of β-amino-alcohol motifs (C(OH)–C–C–N with tert-alkyl or cyclic N) is 1. The van der Waals surface area contributed by atoms with E-state index in [1.807, 2.05) is 11.3 Å². The number of piperidine rings is 1. The zero-order chi connectivity index (χ0) is 10.9. The molecule has 0 spiro atoms. The molecule has 84 valence electrons. The van der Waals surface area contributed by atoms with Gasteiger partial charge in [0.2, 0.25) is 0 Å². The van der Waals surface area contributed by atoms with Crippen molar-refractivity contribution in [2.24, 2.45) is 0 Å². The van der Waals surface area contributed by atoms with Gasteiger partial charge in [-0.1, -0.05) is 0 Å². The Labute approximate surface area is 95.3 Å². The molecule has 2 rings (SSSR count). The summed E-state index contributed by atoms with van der Waals surface area (Å²) >= 11 is 1.82. The van der Waals surface area contributed by atoms with Gasteiger partial charge in [0.25, 0.3) is 0 Å². The van der Waals surface area contributed by atoms with Crippen molar-refractivity contribution >= 4 is 11.3 Å². The molecule has 1 aliphatic heterocycles. The van der Waals surface area contributed by atoms with Crippen molar-refractivity contribution in [2.75, 3.05) is 13.1 Å².